The van der Waals surface area contributed by atoms with E-state index in [1.54, 1.807) is 29.0 Å². The molecule has 0 unspecified atom stereocenters. The molecular formula is C13H11NO3S3. The molecule has 2 N–H and O–H groups in total. The van der Waals surface area contributed by atoms with E-state index in [1.807, 2.05) is 12.1 Å². The first-order chi connectivity index (χ1) is 9.62. The van der Waals surface area contributed by atoms with Gasteiger partial charge in [-0.05, 0) is 17.5 Å². The van der Waals surface area contributed by atoms with Crippen molar-refractivity contribution >= 4 is 48.5 Å². The lowest BCUT2D eigenvalue weighted by atomic mass is 10.2. The van der Waals surface area contributed by atoms with Gasteiger partial charge in [-0.3, -0.25) is 4.72 Å². The molecule has 0 saturated heterocycles. The lowest BCUT2D eigenvalue weighted by Gasteiger charge is -2.07. The number of anilines is 1. The van der Waals surface area contributed by atoms with Crippen LogP contribution in [0.2, 0.25) is 0 Å². The zero-order valence-electron chi connectivity index (χ0n) is 10.2. The summed E-state index contributed by atoms with van der Waals surface area (Å²) in [4.78, 5) is 0.626. The first kappa shape index (κ1) is 13.6. The number of sulfonamides is 1. The zero-order valence-corrected chi connectivity index (χ0v) is 12.7. The maximum absolute atomic E-state index is 12.5. The van der Waals surface area contributed by atoms with Crippen molar-refractivity contribution < 1.29 is 13.5 Å². The molecule has 2 heterocycles. The Bertz CT molecular complexity index is 835. The number of thiophene rings is 2. The van der Waals surface area contributed by atoms with Gasteiger partial charge in [-0.2, -0.15) is 11.3 Å². The first-order valence-corrected chi connectivity index (χ1v) is 9.02. The van der Waals surface area contributed by atoms with E-state index in [4.69, 9.17) is 0 Å². The molecule has 0 spiro atoms. The van der Waals surface area contributed by atoms with Gasteiger partial charge in [0.25, 0.3) is 10.0 Å². The van der Waals surface area contributed by atoms with Gasteiger partial charge in [0.05, 0.1) is 17.2 Å². The lowest BCUT2D eigenvalue weighted by Crippen LogP contribution is -2.13. The Balaban J connectivity index is 2.17. The Morgan fingerprint density at radius 1 is 1.20 bits per heavy atom. The van der Waals surface area contributed by atoms with Crippen molar-refractivity contribution in [2.24, 2.45) is 0 Å². The monoisotopic (exact) mass is 325 g/mol. The molecule has 2 aromatic heterocycles. The van der Waals surface area contributed by atoms with Gasteiger partial charge in [-0.15, -0.1) is 11.3 Å². The van der Waals surface area contributed by atoms with E-state index in [9.17, 15) is 13.5 Å². The van der Waals surface area contributed by atoms with E-state index in [1.165, 1.54) is 22.7 Å². The lowest BCUT2D eigenvalue weighted by molar-refractivity contribution is 0.283. The van der Waals surface area contributed by atoms with Gasteiger partial charge in [0, 0.05) is 15.5 Å². The number of rotatable bonds is 4. The van der Waals surface area contributed by atoms with Gasteiger partial charge >= 0.3 is 0 Å². The van der Waals surface area contributed by atoms with Gasteiger partial charge in [-0.1, -0.05) is 18.2 Å². The van der Waals surface area contributed by atoms with Crippen LogP contribution in [0.25, 0.3) is 10.1 Å². The predicted octanol–water partition coefficient (Wildman–Crippen LogP) is 3.26. The van der Waals surface area contributed by atoms with Crippen molar-refractivity contribution in [3.8, 4) is 0 Å². The van der Waals surface area contributed by atoms with Crippen LogP contribution in [-0.2, 0) is 16.6 Å². The minimum Gasteiger partial charge on any atom is -0.391 e. The summed E-state index contributed by atoms with van der Waals surface area (Å²) in [5.74, 6) is 0. The highest BCUT2D eigenvalue weighted by atomic mass is 32.2. The van der Waals surface area contributed by atoms with E-state index in [0.717, 1.165) is 4.70 Å². The Morgan fingerprint density at radius 3 is 2.70 bits per heavy atom. The van der Waals surface area contributed by atoms with E-state index in [-0.39, 0.29) is 11.5 Å². The van der Waals surface area contributed by atoms with Crippen molar-refractivity contribution in [1.82, 2.24) is 0 Å². The fraction of sp³-hybridized carbons (Fsp3) is 0.0769. The highest BCUT2D eigenvalue weighted by molar-refractivity contribution is 7.93. The Morgan fingerprint density at radius 2 is 2.00 bits per heavy atom. The molecule has 4 nitrogen and oxygen atoms in total. The van der Waals surface area contributed by atoms with Crippen LogP contribution in [0.3, 0.4) is 0 Å². The normalized spacial score (nSPS) is 11.8. The molecule has 3 rings (SSSR count). The second-order valence-electron chi connectivity index (χ2n) is 4.13. The molecule has 3 aromatic rings. The maximum Gasteiger partial charge on any atom is 0.263 e. The third kappa shape index (κ3) is 2.33. The number of hydrogen-bond acceptors (Lipinski definition) is 5. The van der Waals surface area contributed by atoms with Crippen LogP contribution in [0.4, 0.5) is 5.69 Å². The van der Waals surface area contributed by atoms with E-state index in [2.05, 4.69) is 4.72 Å². The minimum absolute atomic E-state index is 0.173. The summed E-state index contributed by atoms with van der Waals surface area (Å²) in [6.07, 6.45) is 0. The van der Waals surface area contributed by atoms with Gasteiger partial charge in [0.2, 0.25) is 0 Å². The van der Waals surface area contributed by atoms with Crippen LogP contribution in [0, 0.1) is 0 Å². The topological polar surface area (TPSA) is 66.4 Å². The smallest absolute Gasteiger partial charge is 0.263 e. The Hall–Kier alpha value is -1.41. The van der Waals surface area contributed by atoms with Crippen molar-refractivity contribution in [3.63, 3.8) is 0 Å². The molecule has 0 aliphatic heterocycles. The van der Waals surface area contributed by atoms with Crippen LogP contribution in [0.15, 0.2) is 46.0 Å². The predicted molar refractivity (Wildman–Crippen MR) is 82.9 cm³/mol. The number of nitrogens with one attached hydrogen (secondary N) is 1. The molecule has 0 amide bonds. The molecule has 0 saturated carbocycles. The molecule has 0 aliphatic rings. The van der Waals surface area contributed by atoms with Crippen LogP contribution in [0.1, 0.15) is 4.88 Å². The largest absolute Gasteiger partial charge is 0.391 e. The number of hydrogen-bond donors (Lipinski definition) is 2. The van der Waals surface area contributed by atoms with Crippen LogP contribution in [0.5, 0.6) is 0 Å². The SMILES string of the molecule is O=S(=O)(Nc1ccsc1)c1c(CO)sc2ccccc12. The van der Waals surface area contributed by atoms with E-state index < -0.39 is 10.0 Å². The average Bonchev–Trinajstić information content (AvgIpc) is 3.04. The molecule has 7 heteroatoms. The number of aliphatic hydroxyl groups is 1. The van der Waals surface area contributed by atoms with Crippen molar-refractivity contribution in [2.75, 3.05) is 4.72 Å². The van der Waals surface area contributed by atoms with Crippen molar-refractivity contribution in [1.29, 1.82) is 0 Å². The molecule has 0 aliphatic carbocycles. The Labute approximate surface area is 124 Å². The molecule has 0 radical (unpaired) electrons. The fourth-order valence-electron chi connectivity index (χ4n) is 2.00. The summed E-state index contributed by atoms with van der Waals surface area (Å²) in [6, 6.07) is 8.95. The fourth-order valence-corrected chi connectivity index (χ4v) is 5.51. The van der Waals surface area contributed by atoms with Gasteiger partial charge in [0.15, 0.2) is 0 Å². The molecule has 0 fully saturated rings. The molecule has 0 bridgehead atoms. The zero-order chi connectivity index (χ0) is 14.2. The quantitative estimate of drug-likeness (QED) is 0.774. The summed E-state index contributed by atoms with van der Waals surface area (Å²) in [5.41, 5.74) is 0.536. The minimum atomic E-state index is -3.70. The third-order valence-electron chi connectivity index (χ3n) is 2.80. The van der Waals surface area contributed by atoms with Gasteiger partial charge in [0.1, 0.15) is 4.90 Å². The molecule has 0 atom stereocenters. The van der Waals surface area contributed by atoms with E-state index >= 15 is 0 Å². The molecule has 20 heavy (non-hydrogen) atoms. The van der Waals surface area contributed by atoms with Gasteiger partial charge in [-0.25, -0.2) is 8.42 Å². The van der Waals surface area contributed by atoms with Crippen LogP contribution >= 0.6 is 22.7 Å². The van der Waals surface area contributed by atoms with Gasteiger partial charge < -0.3 is 5.11 Å². The highest BCUT2D eigenvalue weighted by Gasteiger charge is 2.24. The third-order valence-corrected chi connectivity index (χ3v) is 6.28. The van der Waals surface area contributed by atoms with Crippen molar-refractivity contribution in [2.45, 2.75) is 11.5 Å². The highest BCUT2D eigenvalue weighted by Crippen LogP contribution is 2.35. The summed E-state index contributed by atoms with van der Waals surface area (Å²) in [5, 5.41) is 13.6. The standard InChI is InChI=1S/C13H11NO3S3/c15-7-12-13(10-3-1-2-4-11(10)19-12)20(16,17)14-9-5-6-18-8-9/h1-6,8,14-15H,7H2. The summed E-state index contributed by atoms with van der Waals surface area (Å²) >= 11 is 2.71. The number of aliphatic hydroxyl groups excluding tert-OH is 1. The average molecular weight is 325 g/mol. The molecular weight excluding hydrogens is 314 g/mol. The maximum atomic E-state index is 12.5. The van der Waals surface area contributed by atoms with Crippen LogP contribution in [-0.4, -0.2) is 13.5 Å². The number of fused-ring (bicyclic) bond motifs is 1. The molecule has 104 valence electrons. The first-order valence-electron chi connectivity index (χ1n) is 5.78. The summed E-state index contributed by atoms with van der Waals surface area (Å²) in [7, 11) is -3.70. The van der Waals surface area contributed by atoms with Crippen LogP contribution < -0.4 is 4.72 Å². The molecule has 1 aromatic carbocycles. The van der Waals surface area contributed by atoms with E-state index in [0.29, 0.717) is 16.0 Å². The summed E-state index contributed by atoms with van der Waals surface area (Å²) < 4.78 is 28.5. The second-order valence-corrected chi connectivity index (χ2v) is 7.66. The number of benzene rings is 1. The Kier molecular flexibility index (Phi) is 3.51. The second kappa shape index (κ2) is 5.17. The summed E-state index contributed by atoms with van der Waals surface area (Å²) in [6.45, 7) is -0.292. The van der Waals surface area contributed by atoms with Crippen molar-refractivity contribution in [3.05, 3.63) is 46.0 Å².